The van der Waals surface area contributed by atoms with E-state index in [9.17, 15) is 4.79 Å². The third kappa shape index (κ3) is 0.792. The number of esters is 1. The predicted molar refractivity (Wildman–Crippen MR) is 42.3 cm³/mol. The molecular formula is C9H12O3. The maximum Gasteiger partial charge on any atom is 0.351 e. The monoisotopic (exact) mass is 168 g/mol. The van der Waals surface area contributed by atoms with Gasteiger partial charge in [0, 0.05) is 12.3 Å². The van der Waals surface area contributed by atoms with E-state index < -0.39 is 5.60 Å². The third-order valence-corrected chi connectivity index (χ3v) is 2.63. The maximum atomic E-state index is 11.4. The minimum atomic E-state index is -0.695. The van der Waals surface area contributed by atoms with Crippen LogP contribution in [0.5, 0.6) is 0 Å². The standard InChI is InChI=1S/C9H12O3/c1-6-3-4-11-9(6)5-7(2)12-8(9)10/h3-4,6-7H,5H2,1-2H3/t6?,7-,9+/m1/s1. The Morgan fingerprint density at radius 1 is 1.58 bits per heavy atom. The van der Waals surface area contributed by atoms with Crippen LogP contribution in [-0.4, -0.2) is 17.7 Å². The molecule has 1 spiro atoms. The van der Waals surface area contributed by atoms with Crippen LogP contribution in [0.15, 0.2) is 12.3 Å². The van der Waals surface area contributed by atoms with Crippen molar-refractivity contribution in [3.05, 3.63) is 12.3 Å². The number of hydrogen-bond donors (Lipinski definition) is 0. The number of carbonyl (C=O) groups is 1. The molecule has 0 aromatic heterocycles. The van der Waals surface area contributed by atoms with Crippen molar-refractivity contribution in [2.75, 3.05) is 0 Å². The van der Waals surface area contributed by atoms with Gasteiger partial charge in [-0.05, 0) is 13.0 Å². The number of carbonyl (C=O) groups excluding carboxylic acids is 1. The zero-order valence-corrected chi connectivity index (χ0v) is 7.24. The quantitative estimate of drug-likeness (QED) is 0.510. The van der Waals surface area contributed by atoms with Crippen LogP contribution in [0.1, 0.15) is 20.3 Å². The average Bonchev–Trinajstić information content (AvgIpc) is 2.44. The molecule has 0 N–H and O–H groups in total. The van der Waals surface area contributed by atoms with Crippen LogP contribution in [0, 0.1) is 5.92 Å². The molecule has 3 nitrogen and oxygen atoms in total. The van der Waals surface area contributed by atoms with Crippen LogP contribution >= 0.6 is 0 Å². The fourth-order valence-corrected chi connectivity index (χ4v) is 1.84. The summed E-state index contributed by atoms with van der Waals surface area (Å²) in [6.45, 7) is 3.86. The molecular weight excluding hydrogens is 156 g/mol. The highest BCUT2D eigenvalue weighted by atomic mass is 16.6. The topological polar surface area (TPSA) is 35.5 Å². The van der Waals surface area contributed by atoms with E-state index >= 15 is 0 Å². The van der Waals surface area contributed by atoms with Crippen LogP contribution in [0.4, 0.5) is 0 Å². The number of hydrogen-bond acceptors (Lipinski definition) is 3. The SMILES string of the molecule is CC1C=CO[C@@]12C[C@@H](C)OC2=O. The summed E-state index contributed by atoms with van der Waals surface area (Å²) in [5.41, 5.74) is -0.695. The highest BCUT2D eigenvalue weighted by molar-refractivity contribution is 5.83. The lowest BCUT2D eigenvalue weighted by atomic mass is 9.87. The lowest BCUT2D eigenvalue weighted by Crippen LogP contribution is -2.39. The van der Waals surface area contributed by atoms with Crippen molar-refractivity contribution in [2.45, 2.75) is 32.0 Å². The van der Waals surface area contributed by atoms with E-state index in [1.54, 1.807) is 6.26 Å². The molecule has 0 saturated carbocycles. The zero-order chi connectivity index (χ0) is 8.77. The van der Waals surface area contributed by atoms with Crippen molar-refractivity contribution in [1.82, 2.24) is 0 Å². The molecule has 0 aromatic carbocycles. The summed E-state index contributed by atoms with van der Waals surface area (Å²) in [6.07, 6.45) is 4.16. The second-order valence-electron chi connectivity index (χ2n) is 3.54. The molecule has 2 heterocycles. The van der Waals surface area contributed by atoms with Crippen molar-refractivity contribution in [1.29, 1.82) is 0 Å². The Morgan fingerprint density at radius 2 is 2.33 bits per heavy atom. The summed E-state index contributed by atoms with van der Waals surface area (Å²) < 4.78 is 10.4. The zero-order valence-electron chi connectivity index (χ0n) is 7.24. The van der Waals surface area contributed by atoms with Gasteiger partial charge in [-0.2, -0.15) is 0 Å². The summed E-state index contributed by atoms with van der Waals surface area (Å²) >= 11 is 0. The second-order valence-corrected chi connectivity index (χ2v) is 3.54. The van der Waals surface area contributed by atoms with Gasteiger partial charge in [-0.1, -0.05) is 6.92 Å². The van der Waals surface area contributed by atoms with Gasteiger partial charge < -0.3 is 9.47 Å². The van der Waals surface area contributed by atoms with E-state index in [4.69, 9.17) is 9.47 Å². The highest BCUT2D eigenvalue weighted by Gasteiger charge is 2.54. The smallest absolute Gasteiger partial charge is 0.351 e. The average molecular weight is 168 g/mol. The van der Waals surface area contributed by atoms with Gasteiger partial charge in [0.15, 0.2) is 0 Å². The van der Waals surface area contributed by atoms with E-state index in [2.05, 4.69) is 0 Å². The molecule has 0 amide bonds. The molecule has 2 aliphatic heterocycles. The summed E-state index contributed by atoms with van der Waals surface area (Å²) in [5, 5.41) is 0. The Balaban J connectivity index is 2.27. The first-order valence-electron chi connectivity index (χ1n) is 4.21. The van der Waals surface area contributed by atoms with Gasteiger partial charge in [0.1, 0.15) is 6.10 Å². The van der Waals surface area contributed by atoms with Crippen LogP contribution < -0.4 is 0 Å². The van der Waals surface area contributed by atoms with Gasteiger partial charge in [0.2, 0.25) is 5.60 Å². The van der Waals surface area contributed by atoms with E-state index in [0.717, 1.165) is 0 Å². The minimum Gasteiger partial charge on any atom is -0.483 e. The normalized spacial score (nSPS) is 45.0. The molecule has 3 heteroatoms. The molecule has 12 heavy (non-hydrogen) atoms. The van der Waals surface area contributed by atoms with Crippen molar-refractivity contribution >= 4 is 5.97 Å². The van der Waals surface area contributed by atoms with Gasteiger partial charge in [0.05, 0.1) is 6.26 Å². The van der Waals surface area contributed by atoms with Crippen LogP contribution in [0.2, 0.25) is 0 Å². The highest BCUT2D eigenvalue weighted by Crippen LogP contribution is 2.40. The van der Waals surface area contributed by atoms with Gasteiger partial charge in [-0.25, -0.2) is 4.79 Å². The van der Waals surface area contributed by atoms with Crippen LogP contribution in [0.25, 0.3) is 0 Å². The van der Waals surface area contributed by atoms with E-state index in [-0.39, 0.29) is 18.0 Å². The first kappa shape index (κ1) is 7.65. The minimum absolute atomic E-state index is 0.0140. The van der Waals surface area contributed by atoms with E-state index in [0.29, 0.717) is 6.42 Å². The Hall–Kier alpha value is -0.990. The van der Waals surface area contributed by atoms with Crippen molar-refractivity contribution < 1.29 is 14.3 Å². The molecule has 2 rings (SSSR count). The Kier molecular flexibility index (Phi) is 1.43. The predicted octanol–water partition coefficient (Wildman–Crippen LogP) is 1.24. The molecule has 1 saturated heterocycles. The number of ether oxygens (including phenoxy) is 2. The maximum absolute atomic E-state index is 11.4. The Labute approximate surface area is 71.3 Å². The molecule has 3 atom stereocenters. The molecule has 1 unspecified atom stereocenters. The van der Waals surface area contributed by atoms with Crippen LogP contribution in [-0.2, 0) is 14.3 Å². The van der Waals surface area contributed by atoms with Gasteiger partial charge in [0.25, 0.3) is 0 Å². The molecule has 1 fully saturated rings. The summed E-state index contributed by atoms with van der Waals surface area (Å²) in [5.74, 6) is -0.0811. The van der Waals surface area contributed by atoms with E-state index in [1.807, 2.05) is 19.9 Å². The van der Waals surface area contributed by atoms with Crippen molar-refractivity contribution in [3.8, 4) is 0 Å². The fourth-order valence-electron chi connectivity index (χ4n) is 1.84. The molecule has 0 aliphatic carbocycles. The van der Waals surface area contributed by atoms with Gasteiger partial charge >= 0.3 is 5.97 Å². The van der Waals surface area contributed by atoms with Crippen molar-refractivity contribution in [2.24, 2.45) is 5.92 Å². The molecule has 0 bridgehead atoms. The first-order valence-corrected chi connectivity index (χ1v) is 4.21. The largest absolute Gasteiger partial charge is 0.483 e. The fraction of sp³-hybridized carbons (Fsp3) is 0.667. The second kappa shape index (κ2) is 2.25. The Morgan fingerprint density at radius 3 is 2.75 bits per heavy atom. The van der Waals surface area contributed by atoms with E-state index in [1.165, 1.54) is 0 Å². The lowest BCUT2D eigenvalue weighted by Gasteiger charge is -2.22. The van der Waals surface area contributed by atoms with Gasteiger partial charge in [-0.15, -0.1) is 0 Å². The summed E-state index contributed by atoms with van der Waals surface area (Å²) in [4.78, 5) is 11.4. The summed E-state index contributed by atoms with van der Waals surface area (Å²) in [6, 6.07) is 0. The number of cyclic esters (lactones) is 1. The molecule has 2 aliphatic rings. The third-order valence-electron chi connectivity index (χ3n) is 2.63. The molecule has 66 valence electrons. The lowest BCUT2D eigenvalue weighted by molar-refractivity contribution is -0.156. The van der Waals surface area contributed by atoms with Crippen LogP contribution in [0.3, 0.4) is 0 Å². The number of rotatable bonds is 0. The molecule has 0 aromatic rings. The molecule has 0 radical (unpaired) electrons. The van der Waals surface area contributed by atoms with Crippen molar-refractivity contribution in [3.63, 3.8) is 0 Å². The Bertz CT molecular complexity index is 246. The first-order chi connectivity index (χ1) is 5.65. The summed E-state index contributed by atoms with van der Waals surface area (Å²) in [7, 11) is 0. The van der Waals surface area contributed by atoms with Gasteiger partial charge in [-0.3, -0.25) is 0 Å².